The maximum absolute atomic E-state index is 12.4. The van der Waals surface area contributed by atoms with Gasteiger partial charge in [-0.2, -0.15) is 13.2 Å². The number of carboxylic acid groups (broad SMARTS) is 1. The molecule has 0 spiro atoms. The number of carbonyl (C=O) groups excluding carboxylic acids is 1. The minimum absolute atomic E-state index is 0.289. The Morgan fingerprint density at radius 3 is 2.21 bits per heavy atom. The summed E-state index contributed by atoms with van der Waals surface area (Å²) in [6.45, 7) is 0.627. The summed E-state index contributed by atoms with van der Waals surface area (Å²) in [5.41, 5.74) is 0.424. The molecule has 1 N–H and O–H groups in total. The highest BCUT2D eigenvalue weighted by Crippen LogP contribution is 2.22. The summed E-state index contributed by atoms with van der Waals surface area (Å²) in [6.07, 6.45) is -5.10. The highest BCUT2D eigenvalue weighted by Gasteiger charge is 2.45. The number of carbonyl (C=O) groups is 2. The van der Waals surface area contributed by atoms with Crippen LogP contribution in [-0.4, -0.2) is 34.1 Å². The molecule has 0 aliphatic carbocycles. The average molecular weight is 275 g/mol. The maximum atomic E-state index is 12.4. The van der Waals surface area contributed by atoms with Crippen molar-refractivity contribution in [1.82, 2.24) is 4.90 Å². The van der Waals surface area contributed by atoms with Crippen molar-refractivity contribution in [2.24, 2.45) is 0 Å². The second kappa shape index (κ2) is 5.73. The normalized spacial score (nSPS) is 12.8. The number of halogens is 3. The van der Waals surface area contributed by atoms with Crippen LogP contribution >= 0.6 is 0 Å². The van der Waals surface area contributed by atoms with E-state index in [9.17, 15) is 22.8 Å². The van der Waals surface area contributed by atoms with Crippen LogP contribution in [0.1, 0.15) is 12.5 Å². The predicted octanol–water partition coefficient (Wildman–Crippen LogP) is 2.05. The Hall–Kier alpha value is -2.05. The van der Waals surface area contributed by atoms with Crippen molar-refractivity contribution in [2.75, 3.05) is 0 Å². The van der Waals surface area contributed by atoms with Gasteiger partial charge in [0.1, 0.15) is 6.04 Å². The summed E-state index contributed by atoms with van der Waals surface area (Å²) in [4.78, 5) is 22.3. The van der Waals surface area contributed by atoms with Crippen molar-refractivity contribution in [1.29, 1.82) is 0 Å². The van der Waals surface area contributed by atoms with Crippen molar-refractivity contribution in [3.05, 3.63) is 35.9 Å². The lowest BCUT2D eigenvalue weighted by Crippen LogP contribution is -2.48. The molecule has 0 aromatic heterocycles. The van der Waals surface area contributed by atoms with Gasteiger partial charge in [-0.1, -0.05) is 30.3 Å². The molecule has 0 saturated carbocycles. The number of hydrogen-bond acceptors (Lipinski definition) is 2. The Morgan fingerprint density at radius 2 is 1.79 bits per heavy atom. The van der Waals surface area contributed by atoms with Crippen molar-refractivity contribution in [3.8, 4) is 0 Å². The lowest BCUT2D eigenvalue weighted by atomic mass is 10.1. The summed E-state index contributed by atoms with van der Waals surface area (Å²) < 4.78 is 37.3. The first-order chi connectivity index (χ1) is 8.73. The minimum atomic E-state index is -5.10. The number of nitrogens with zero attached hydrogens (tertiary/aromatic N) is 1. The van der Waals surface area contributed by atoms with Crippen LogP contribution in [-0.2, 0) is 16.1 Å². The molecule has 7 heteroatoms. The van der Waals surface area contributed by atoms with E-state index in [1.807, 2.05) is 0 Å². The molecular weight excluding hydrogens is 263 g/mol. The molecule has 0 heterocycles. The van der Waals surface area contributed by atoms with Crippen molar-refractivity contribution in [3.63, 3.8) is 0 Å². The highest BCUT2D eigenvalue weighted by atomic mass is 19.4. The Bertz CT molecular complexity index is 459. The van der Waals surface area contributed by atoms with Gasteiger partial charge in [-0.3, -0.25) is 4.79 Å². The highest BCUT2D eigenvalue weighted by molar-refractivity contribution is 5.86. The van der Waals surface area contributed by atoms with E-state index in [0.29, 0.717) is 5.56 Å². The number of aliphatic carboxylic acids is 1. The summed E-state index contributed by atoms with van der Waals surface area (Å²) in [7, 11) is 0. The number of amides is 1. The van der Waals surface area contributed by atoms with Crippen LogP contribution in [0.5, 0.6) is 0 Å². The molecule has 1 unspecified atom stereocenters. The fraction of sp³-hybridized carbons (Fsp3) is 0.333. The van der Waals surface area contributed by atoms with Gasteiger partial charge in [0.05, 0.1) is 0 Å². The largest absolute Gasteiger partial charge is 0.480 e. The number of carboxylic acids is 1. The summed E-state index contributed by atoms with van der Waals surface area (Å²) in [5, 5.41) is 8.78. The molecule has 0 aliphatic rings. The van der Waals surface area contributed by atoms with E-state index in [1.54, 1.807) is 18.2 Å². The SMILES string of the molecule is CC(C(=O)O)N(Cc1ccccc1)C(=O)C(F)(F)F. The van der Waals surface area contributed by atoms with Gasteiger partial charge in [-0.05, 0) is 12.5 Å². The molecule has 1 atom stereocenters. The topological polar surface area (TPSA) is 57.6 Å². The van der Waals surface area contributed by atoms with Gasteiger partial charge in [0, 0.05) is 6.54 Å². The number of alkyl halides is 3. The third-order valence-corrected chi connectivity index (χ3v) is 2.52. The Balaban J connectivity index is 3.00. The quantitative estimate of drug-likeness (QED) is 0.915. The summed E-state index contributed by atoms with van der Waals surface area (Å²) >= 11 is 0. The third kappa shape index (κ3) is 3.97. The van der Waals surface area contributed by atoms with E-state index in [1.165, 1.54) is 12.1 Å². The van der Waals surface area contributed by atoms with E-state index in [0.717, 1.165) is 6.92 Å². The van der Waals surface area contributed by atoms with Gasteiger partial charge in [0.2, 0.25) is 0 Å². The monoisotopic (exact) mass is 275 g/mol. The molecule has 0 radical (unpaired) electrons. The first-order valence-corrected chi connectivity index (χ1v) is 5.38. The summed E-state index contributed by atoms with van der Waals surface area (Å²) in [6, 6.07) is 6.33. The lowest BCUT2D eigenvalue weighted by molar-refractivity contribution is -0.190. The molecule has 1 amide bonds. The van der Waals surface area contributed by atoms with Crippen LogP contribution in [0.25, 0.3) is 0 Å². The molecule has 0 saturated heterocycles. The van der Waals surface area contributed by atoms with E-state index in [4.69, 9.17) is 5.11 Å². The number of rotatable bonds is 4. The molecule has 1 aromatic carbocycles. The predicted molar refractivity (Wildman–Crippen MR) is 60.1 cm³/mol. The summed E-state index contributed by atoms with van der Waals surface area (Å²) in [5.74, 6) is -3.65. The molecular formula is C12H12F3NO3. The van der Waals surface area contributed by atoms with Crippen molar-refractivity contribution < 1.29 is 27.9 Å². The van der Waals surface area contributed by atoms with Crippen LogP contribution in [0.15, 0.2) is 30.3 Å². The standard InChI is InChI=1S/C12H12F3NO3/c1-8(10(17)18)16(11(19)12(13,14)15)7-9-5-3-2-4-6-9/h2-6,8H,7H2,1H3,(H,17,18). The average Bonchev–Trinajstić information content (AvgIpc) is 2.34. The van der Waals surface area contributed by atoms with Crippen LogP contribution in [0.2, 0.25) is 0 Å². The zero-order valence-electron chi connectivity index (χ0n) is 10.0. The van der Waals surface area contributed by atoms with Crippen LogP contribution in [0.4, 0.5) is 13.2 Å². The Morgan fingerprint density at radius 1 is 1.26 bits per heavy atom. The van der Waals surface area contributed by atoms with E-state index < -0.39 is 30.6 Å². The van der Waals surface area contributed by atoms with Gasteiger partial charge in [-0.25, -0.2) is 4.79 Å². The van der Waals surface area contributed by atoms with Gasteiger partial charge < -0.3 is 10.0 Å². The Labute approximate surface area is 107 Å². The molecule has 1 rings (SSSR count). The van der Waals surface area contributed by atoms with Gasteiger partial charge in [0.25, 0.3) is 0 Å². The molecule has 1 aromatic rings. The van der Waals surface area contributed by atoms with Crippen LogP contribution in [0.3, 0.4) is 0 Å². The van der Waals surface area contributed by atoms with E-state index in [2.05, 4.69) is 0 Å². The molecule has 4 nitrogen and oxygen atoms in total. The van der Waals surface area contributed by atoms with Gasteiger partial charge >= 0.3 is 18.1 Å². The second-order valence-electron chi connectivity index (χ2n) is 3.93. The van der Waals surface area contributed by atoms with Crippen molar-refractivity contribution in [2.45, 2.75) is 25.7 Å². The zero-order valence-corrected chi connectivity index (χ0v) is 10.0. The van der Waals surface area contributed by atoms with Crippen molar-refractivity contribution >= 4 is 11.9 Å². The first-order valence-electron chi connectivity index (χ1n) is 5.38. The van der Waals surface area contributed by atoms with Crippen LogP contribution < -0.4 is 0 Å². The minimum Gasteiger partial charge on any atom is -0.480 e. The third-order valence-electron chi connectivity index (χ3n) is 2.52. The van der Waals surface area contributed by atoms with E-state index in [-0.39, 0.29) is 4.90 Å². The lowest BCUT2D eigenvalue weighted by Gasteiger charge is -2.27. The molecule has 0 aliphatic heterocycles. The maximum Gasteiger partial charge on any atom is 0.471 e. The van der Waals surface area contributed by atoms with Gasteiger partial charge in [0.15, 0.2) is 0 Å². The van der Waals surface area contributed by atoms with E-state index >= 15 is 0 Å². The fourth-order valence-electron chi connectivity index (χ4n) is 1.46. The molecule has 0 fully saturated rings. The molecule has 19 heavy (non-hydrogen) atoms. The smallest absolute Gasteiger partial charge is 0.471 e. The zero-order chi connectivity index (χ0) is 14.6. The Kier molecular flexibility index (Phi) is 4.52. The van der Waals surface area contributed by atoms with Gasteiger partial charge in [-0.15, -0.1) is 0 Å². The molecule has 0 bridgehead atoms. The first kappa shape index (κ1) is 15.0. The number of hydrogen-bond donors (Lipinski definition) is 1. The number of benzene rings is 1. The van der Waals surface area contributed by atoms with Crippen LogP contribution in [0, 0.1) is 0 Å². The second-order valence-corrected chi connectivity index (χ2v) is 3.93. The fourth-order valence-corrected chi connectivity index (χ4v) is 1.46. The molecule has 104 valence electrons.